The van der Waals surface area contributed by atoms with Crippen LogP contribution in [0.4, 0.5) is 4.39 Å². The molecule has 0 atom stereocenters. The molecule has 0 unspecified atom stereocenters. The summed E-state index contributed by atoms with van der Waals surface area (Å²) in [7, 11) is 0. The first kappa shape index (κ1) is 21.0. The molecule has 0 radical (unpaired) electrons. The Bertz CT molecular complexity index is 1310. The van der Waals surface area contributed by atoms with Gasteiger partial charge in [0.1, 0.15) is 17.3 Å². The van der Waals surface area contributed by atoms with E-state index in [0.717, 1.165) is 5.56 Å². The number of rotatable bonds is 7. The number of Topliss-reactive ketones (excluding diaryl/α,β-unsaturated/α-hetero) is 1. The van der Waals surface area contributed by atoms with Crippen molar-refractivity contribution in [3.63, 3.8) is 0 Å². The third-order valence-electron chi connectivity index (χ3n) is 4.88. The number of carboxylic acid groups (broad SMARTS) is 1. The summed E-state index contributed by atoms with van der Waals surface area (Å²) in [6, 6.07) is 16.2. The van der Waals surface area contributed by atoms with E-state index in [1.165, 1.54) is 18.3 Å². The molecule has 0 bridgehead atoms. The Kier molecular flexibility index (Phi) is 5.81. The molecule has 0 fully saturated rings. The molecule has 0 saturated carbocycles. The number of carbonyl (C=O) groups excluding carboxylic acids is 1. The molecular formula is C25H19FN2O4. The molecule has 160 valence electrons. The largest absolute Gasteiger partial charge is 0.478 e. The van der Waals surface area contributed by atoms with Crippen LogP contribution in [-0.4, -0.2) is 26.8 Å². The molecule has 6 nitrogen and oxygen atoms in total. The smallest absolute Gasteiger partial charge is 0.337 e. The second kappa shape index (κ2) is 8.85. The lowest BCUT2D eigenvalue weighted by molar-refractivity contribution is 0.0697. The number of ketones is 1. The Balaban J connectivity index is 1.52. The Morgan fingerprint density at radius 1 is 1.03 bits per heavy atom. The summed E-state index contributed by atoms with van der Waals surface area (Å²) in [5.41, 5.74) is 2.83. The number of aromatic amines is 1. The highest BCUT2D eigenvalue weighted by atomic mass is 19.1. The number of hydrogen-bond acceptors (Lipinski definition) is 4. The highest BCUT2D eigenvalue weighted by Gasteiger charge is 2.13. The fourth-order valence-corrected chi connectivity index (χ4v) is 3.27. The lowest BCUT2D eigenvalue weighted by Gasteiger charge is -2.09. The van der Waals surface area contributed by atoms with Crippen LogP contribution >= 0.6 is 0 Å². The van der Waals surface area contributed by atoms with Gasteiger partial charge in [-0.05, 0) is 42.8 Å². The van der Waals surface area contributed by atoms with Gasteiger partial charge in [-0.2, -0.15) is 0 Å². The third kappa shape index (κ3) is 4.73. The van der Waals surface area contributed by atoms with Crippen molar-refractivity contribution in [3.05, 3.63) is 101 Å². The van der Waals surface area contributed by atoms with Gasteiger partial charge in [0.25, 0.3) is 0 Å². The fourth-order valence-electron chi connectivity index (χ4n) is 3.27. The summed E-state index contributed by atoms with van der Waals surface area (Å²) in [5.74, 6) is -0.753. The normalized spacial score (nSPS) is 10.7. The quantitative estimate of drug-likeness (QED) is 0.381. The molecule has 2 aromatic heterocycles. The molecule has 32 heavy (non-hydrogen) atoms. The Morgan fingerprint density at radius 3 is 2.62 bits per heavy atom. The van der Waals surface area contributed by atoms with Crippen LogP contribution in [0.2, 0.25) is 0 Å². The van der Waals surface area contributed by atoms with E-state index in [9.17, 15) is 14.0 Å². The van der Waals surface area contributed by atoms with Gasteiger partial charge < -0.3 is 14.8 Å². The molecule has 4 aromatic rings. The maximum absolute atomic E-state index is 14.0. The number of carboxylic acids is 1. The van der Waals surface area contributed by atoms with E-state index in [1.54, 1.807) is 54.7 Å². The standard InChI is InChI=1S/C25H19FN2O4/c1-15-5-6-21(26)17(9-15)12-24(29)16-3-2-4-19(10-16)32-20-7-8-27-23(13-20)22-11-18(14-28-22)25(30)31/h2-11,13-14,28H,12H2,1H3,(H,30,31). The van der Waals surface area contributed by atoms with Crippen molar-refractivity contribution in [2.75, 3.05) is 0 Å². The Morgan fingerprint density at radius 2 is 1.84 bits per heavy atom. The monoisotopic (exact) mass is 430 g/mol. The minimum absolute atomic E-state index is 0.0465. The molecule has 0 amide bonds. The van der Waals surface area contributed by atoms with Crippen LogP contribution < -0.4 is 4.74 Å². The third-order valence-corrected chi connectivity index (χ3v) is 4.88. The van der Waals surface area contributed by atoms with Crippen LogP contribution in [0.1, 0.15) is 31.8 Å². The lowest BCUT2D eigenvalue weighted by Crippen LogP contribution is -2.05. The van der Waals surface area contributed by atoms with E-state index < -0.39 is 11.8 Å². The van der Waals surface area contributed by atoms with Gasteiger partial charge in [-0.15, -0.1) is 0 Å². The number of aryl methyl sites for hydroxylation is 1. The first-order valence-electron chi connectivity index (χ1n) is 9.83. The molecule has 0 aliphatic heterocycles. The predicted molar refractivity (Wildman–Crippen MR) is 117 cm³/mol. The van der Waals surface area contributed by atoms with Crippen molar-refractivity contribution in [1.82, 2.24) is 9.97 Å². The van der Waals surface area contributed by atoms with Crippen molar-refractivity contribution in [3.8, 4) is 22.9 Å². The Labute approximate surface area is 183 Å². The van der Waals surface area contributed by atoms with Crippen LogP contribution in [0.5, 0.6) is 11.5 Å². The van der Waals surface area contributed by atoms with E-state index in [1.807, 2.05) is 6.92 Å². The van der Waals surface area contributed by atoms with E-state index in [0.29, 0.717) is 34.0 Å². The Hall–Kier alpha value is -4.26. The summed E-state index contributed by atoms with van der Waals surface area (Å²) < 4.78 is 19.9. The number of hydrogen-bond donors (Lipinski definition) is 2. The maximum atomic E-state index is 14.0. The topological polar surface area (TPSA) is 92.3 Å². The number of carbonyl (C=O) groups is 2. The molecule has 0 aliphatic carbocycles. The summed E-state index contributed by atoms with van der Waals surface area (Å²) >= 11 is 0. The molecular weight excluding hydrogens is 411 g/mol. The summed E-state index contributed by atoms with van der Waals surface area (Å²) in [6.45, 7) is 1.85. The average molecular weight is 430 g/mol. The number of H-pyrrole nitrogens is 1. The average Bonchev–Trinajstić information content (AvgIpc) is 3.27. The van der Waals surface area contributed by atoms with Crippen molar-refractivity contribution in [2.24, 2.45) is 0 Å². The van der Waals surface area contributed by atoms with Gasteiger partial charge in [0.05, 0.1) is 17.0 Å². The van der Waals surface area contributed by atoms with Gasteiger partial charge in [0, 0.05) is 30.4 Å². The molecule has 2 N–H and O–H groups in total. The minimum Gasteiger partial charge on any atom is -0.478 e. The van der Waals surface area contributed by atoms with Crippen molar-refractivity contribution in [1.29, 1.82) is 0 Å². The number of nitrogens with one attached hydrogen (secondary N) is 1. The highest BCUT2D eigenvalue weighted by Crippen LogP contribution is 2.26. The number of aromatic nitrogens is 2. The van der Waals surface area contributed by atoms with Gasteiger partial charge in [0.2, 0.25) is 0 Å². The van der Waals surface area contributed by atoms with E-state index >= 15 is 0 Å². The number of nitrogens with zero attached hydrogens (tertiary/aromatic N) is 1. The summed E-state index contributed by atoms with van der Waals surface area (Å²) in [5, 5.41) is 9.07. The summed E-state index contributed by atoms with van der Waals surface area (Å²) in [4.78, 5) is 30.9. The van der Waals surface area contributed by atoms with Gasteiger partial charge in [0.15, 0.2) is 5.78 Å². The van der Waals surface area contributed by atoms with E-state index in [-0.39, 0.29) is 17.8 Å². The highest BCUT2D eigenvalue weighted by molar-refractivity contribution is 5.97. The SMILES string of the molecule is Cc1ccc(F)c(CC(=O)c2cccc(Oc3ccnc(-c4cc(C(=O)O)c[nH]4)c3)c2)c1. The van der Waals surface area contributed by atoms with Gasteiger partial charge in [-0.25, -0.2) is 9.18 Å². The van der Waals surface area contributed by atoms with Gasteiger partial charge >= 0.3 is 5.97 Å². The molecule has 2 heterocycles. The van der Waals surface area contributed by atoms with Crippen LogP contribution in [0.15, 0.2) is 73.1 Å². The van der Waals surface area contributed by atoms with Crippen molar-refractivity contribution >= 4 is 11.8 Å². The number of ether oxygens (including phenoxy) is 1. The fraction of sp³-hybridized carbons (Fsp3) is 0.0800. The number of aromatic carboxylic acids is 1. The lowest BCUT2D eigenvalue weighted by atomic mass is 10.0. The molecule has 7 heteroatoms. The van der Waals surface area contributed by atoms with Crippen molar-refractivity contribution in [2.45, 2.75) is 13.3 Å². The predicted octanol–water partition coefficient (Wildman–Crippen LogP) is 5.44. The minimum atomic E-state index is -1.04. The molecule has 4 rings (SSSR count). The van der Waals surface area contributed by atoms with E-state index in [4.69, 9.17) is 9.84 Å². The second-order valence-corrected chi connectivity index (χ2v) is 7.31. The zero-order valence-electron chi connectivity index (χ0n) is 17.1. The van der Waals surface area contributed by atoms with Crippen LogP contribution in [0, 0.1) is 12.7 Å². The molecule has 0 saturated heterocycles. The zero-order valence-corrected chi connectivity index (χ0v) is 17.1. The molecule has 2 aromatic carbocycles. The first-order valence-corrected chi connectivity index (χ1v) is 9.83. The zero-order chi connectivity index (χ0) is 22.7. The van der Waals surface area contributed by atoms with Gasteiger partial charge in [-0.3, -0.25) is 9.78 Å². The van der Waals surface area contributed by atoms with Crippen LogP contribution in [0.3, 0.4) is 0 Å². The number of pyridine rings is 1. The number of halogens is 1. The second-order valence-electron chi connectivity index (χ2n) is 7.31. The van der Waals surface area contributed by atoms with Crippen LogP contribution in [0.25, 0.3) is 11.4 Å². The molecule has 0 aliphatic rings. The van der Waals surface area contributed by atoms with Gasteiger partial charge in [-0.1, -0.05) is 29.8 Å². The van der Waals surface area contributed by atoms with Crippen LogP contribution in [-0.2, 0) is 6.42 Å². The maximum Gasteiger partial charge on any atom is 0.337 e. The summed E-state index contributed by atoms with van der Waals surface area (Å²) in [6.07, 6.45) is 2.88. The number of benzene rings is 2. The van der Waals surface area contributed by atoms with Crippen molar-refractivity contribution < 1.29 is 23.8 Å². The first-order chi connectivity index (χ1) is 15.4. The molecule has 0 spiro atoms. The van der Waals surface area contributed by atoms with E-state index in [2.05, 4.69) is 9.97 Å².